The number of hydrogen-bond donors (Lipinski definition) is 1. The number of furan rings is 1. The Hall–Kier alpha value is -2.31. The minimum absolute atomic E-state index is 0.0301. The molecule has 1 aromatic rings. The van der Waals surface area contributed by atoms with Gasteiger partial charge in [0.1, 0.15) is 6.04 Å². The minimum atomic E-state index is -0.443. The molecule has 1 unspecified atom stereocenters. The highest BCUT2D eigenvalue weighted by molar-refractivity contribution is 5.95. The monoisotopic (exact) mass is 333 g/mol. The van der Waals surface area contributed by atoms with E-state index < -0.39 is 6.04 Å². The molecule has 3 amide bonds. The second-order valence-corrected chi connectivity index (χ2v) is 6.49. The molecule has 7 nitrogen and oxygen atoms in total. The maximum atomic E-state index is 12.9. The molecule has 2 saturated heterocycles. The lowest BCUT2D eigenvalue weighted by Gasteiger charge is -2.39. The summed E-state index contributed by atoms with van der Waals surface area (Å²) in [5.74, 6) is -0.444. The van der Waals surface area contributed by atoms with Crippen LogP contribution in [0.2, 0.25) is 0 Å². The van der Waals surface area contributed by atoms with Gasteiger partial charge >= 0.3 is 0 Å². The number of nitrogens with two attached hydrogens (primary N) is 1. The van der Waals surface area contributed by atoms with E-state index in [2.05, 4.69) is 0 Å². The number of hydrogen-bond acceptors (Lipinski definition) is 4. The van der Waals surface area contributed by atoms with Crippen LogP contribution in [0.3, 0.4) is 0 Å². The van der Waals surface area contributed by atoms with E-state index >= 15 is 0 Å². The van der Waals surface area contributed by atoms with Crippen LogP contribution < -0.4 is 5.73 Å². The minimum Gasteiger partial charge on any atom is -0.459 e. The van der Waals surface area contributed by atoms with Gasteiger partial charge in [0.2, 0.25) is 11.8 Å². The quantitative estimate of drug-likeness (QED) is 0.892. The molecule has 0 saturated carbocycles. The second kappa shape index (κ2) is 7.07. The van der Waals surface area contributed by atoms with Gasteiger partial charge in [0, 0.05) is 25.6 Å². The Morgan fingerprint density at radius 1 is 1.08 bits per heavy atom. The lowest BCUT2D eigenvalue weighted by Crippen LogP contribution is -2.54. The molecule has 0 spiro atoms. The van der Waals surface area contributed by atoms with E-state index in [4.69, 9.17) is 10.2 Å². The highest BCUT2D eigenvalue weighted by atomic mass is 16.3. The van der Waals surface area contributed by atoms with Gasteiger partial charge in [-0.3, -0.25) is 14.4 Å². The first-order chi connectivity index (χ1) is 11.6. The highest BCUT2D eigenvalue weighted by Crippen LogP contribution is 2.24. The number of nitrogens with zero attached hydrogens (tertiary/aromatic N) is 2. The first-order valence-corrected chi connectivity index (χ1v) is 8.50. The van der Waals surface area contributed by atoms with Gasteiger partial charge in [-0.25, -0.2) is 0 Å². The molecule has 0 aliphatic carbocycles. The molecule has 130 valence electrons. The average molecular weight is 333 g/mol. The van der Waals surface area contributed by atoms with E-state index in [1.165, 1.54) is 6.26 Å². The van der Waals surface area contributed by atoms with Crippen LogP contribution in [0.15, 0.2) is 22.8 Å². The maximum absolute atomic E-state index is 12.9. The topological polar surface area (TPSA) is 96.9 Å². The number of carbonyl (C=O) groups is 3. The van der Waals surface area contributed by atoms with E-state index in [9.17, 15) is 14.4 Å². The molecule has 0 bridgehead atoms. The van der Waals surface area contributed by atoms with Crippen molar-refractivity contribution in [2.75, 3.05) is 19.6 Å². The Labute approximate surface area is 140 Å². The van der Waals surface area contributed by atoms with Crippen LogP contribution in [0.25, 0.3) is 0 Å². The van der Waals surface area contributed by atoms with Crippen LogP contribution in [0, 0.1) is 5.92 Å². The third kappa shape index (κ3) is 3.29. The van der Waals surface area contributed by atoms with E-state index in [-0.39, 0.29) is 29.4 Å². The lowest BCUT2D eigenvalue weighted by molar-refractivity contribution is -0.140. The predicted octanol–water partition coefficient (Wildman–Crippen LogP) is 0.998. The summed E-state index contributed by atoms with van der Waals surface area (Å²) in [6.07, 6.45) is 5.14. The zero-order valence-corrected chi connectivity index (χ0v) is 13.6. The highest BCUT2D eigenvalue weighted by Gasteiger charge is 2.37. The molecule has 0 aromatic carbocycles. The Morgan fingerprint density at radius 2 is 1.83 bits per heavy atom. The molecule has 24 heavy (non-hydrogen) atoms. The van der Waals surface area contributed by atoms with Crippen LogP contribution in [-0.2, 0) is 9.59 Å². The van der Waals surface area contributed by atoms with Gasteiger partial charge in [-0.05, 0) is 44.2 Å². The number of piperidine rings is 2. The van der Waals surface area contributed by atoms with Gasteiger partial charge < -0.3 is 20.0 Å². The van der Waals surface area contributed by atoms with Crippen molar-refractivity contribution in [2.45, 2.75) is 38.1 Å². The molecule has 2 N–H and O–H groups in total. The average Bonchev–Trinajstić information content (AvgIpc) is 3.15. The number of rotatable bonds is 3. The number of primary amides is 1. The molecule has 3 rings (SSSR count). The van der Waals surface area contributed by atoms with Gasteiger partial charge in [0.15, 0.2) is 5.76 Å². The van der Waals surface area contributed by atoms with E-state index in [0.29, 0.717) is 38.9 Å². The summed E-state index contributed by atoms with van der Waals surface area (Å²) in [6, 6.07) is 2.85. The summed E-state index contributed by atoms with van der Waals surface area (Å²) in [5, 5.41) is 0. The molecule has 1 atom stereocenters. The largest absolute Gasteiger partial charge is 0.459 e. The first kappa shape index (κ1) is 16.5. The number of likely N-dealkylation sites (tertiary alicyclic amines) is 2. The molecular weight excluding hydrogens is 310 g/mol. The van der Waals surface area contributed by atoms with Crippen molar-refractivity contribution in [3.63, 3.8) is 0 Å². The molecule has 0 radical (unpaired) electrons. The van der Waals surface area contributed by atoms with Crippen LogP contribution in [0.1, 0.15) is 42.7 Å². The van der Waals surface area contributed by atoms with Crippen LogP contribution in [0.5, 0.6) is 0 Å². The van der Waals surface area contributed by atoms with Crippen molar-refractivity contribution < 1.29 is 18.8 Å². The molecular formula is C17H23N3O4. The van der Waals surface area contributed by atoms with Crippen molar-refractivity contribution >= 4 is 17.7 Å². The fourth-order valence-electron chi connectivity index (χ4n) is 3.57. The number of carbonyl (C=O) groups excluding carboxylic acids is 3. The zero-order chi connectivity index (χ0) is 17.1. The van der Waals surface area contributed by atoms with Gasteiger partial charge in [0.05, 0.1) is 6.26 Å². The van der Waals surface area contributed by atoms with E-state index in [0.717, 1.165) is 12.8 Å². The summed E-state index contributed by atoms with van der Waals surface area (Å²) >= 11 is 0. The number of amides is 3. The van der Waals surface area contributed by atoms with Crippen molar-refractivity contribution in [3.05, 3.63) is 24.2 Å². The Kier molecular flexibility index (Phi) is 4.87. The molecule has 7 heteroatoms. The first-order valence-electron chi connectivity index (χ1n) is 8.50. The summed E-state index contributed by atoms with van der Waals surface area (Å²) in [5.41, 5.74) is 5.34. The van der Waals surface area contributed by atoms with Crippen LogP contribution in [-0.4, -0.2) is 53.2 Å². The third-order valence-electron chi connectivity index (χ3n) is 4.99. The van der Waals surface area contributed by atoms with Gasteiger partial charge in [-0.15, -0.1) is 0 Å². The fraction of sp³-hybridized carbons (Fsp3) is 0.588. The standard InChI is InChI=1S/C17H23N3O4/c18-15(21)12-6-9-19(10-7-12)16(22)13-4-1-2-8-20(13)17(23)14-5-3-11-24-14/h3,5,11-13H,1-2,4,6-10H2,(H2,18,21). The molecule has 3 heterocycles. The van der Waals surface area contributed by atoms with Gasteiger partial charge in [-0.1, -0.05) is 0 Å². The SMILES string of the molecule is NC(=O)C1CCN(C(=O)C2CCCCN2C(=O)c2ccco2)CC1. The fourth-order valence-corrected chi connectivity index (χ4v) is 3.57. The summed E-state index contributed by atoms with van der Waals surface area (Å²) in [6.45, 7) is 1.60. The molecule has 2 fully saturated rings. The molecule has 2 aliphatic rings. The van der Waals surface area contributed by atoms with Crippen molar-refractivity contribution in [3.8, 4) is 0 Å². The Bertz CT molecular complexity index is 605. The predicted molar refractivity (Wildman–Crippen MR) is 85.9 cm³/mol. The molecule has 1 aromatic heterocycles. The van der Waals surface area contributed by atoms with Crippen molar-refractivity contribution in [2.24, 2.45) is 11.7 Å². The van der Waals surface area contributed by atoms with Crippen molar-refractivity contribution in [1.82, 2.24) is 9.80 Å². The van der Waals surface area contributed by atoms with Gasteiger partial charge in [0.25, 0.3) is 5.91 Å². The lowest BCUT2D eigenvalue weighted by atomic mass is 9.94. The second-order valence-electron chi connectivity index (χ2n) is 6.49. The maximum Gasteiger partial charge on any atom is 0.290 e. The zero-order valence-electron chi connectivity index (χ0n) is 13.6. The summed E-state index contributed by atoms with van der Waals surface area (Å²) in [7, 11) is 0. The smallest absolute Gasteiger partial charge is 0.290 e. The summed E-state index contributed by atoms with van der Waals surface area (Å²) in [4.78, 5) is 40.2. The normalized spacial score (nSPS) is 22.4. The van der Waals surface area contributed by atoms with Crippen LogP contribution in [0.4, 0.5) is 0 Å². The third-order valence-corrected chi connectivity index (χ3v) is 4.99. The van der Waals surface area contributed by atoms with E-state index in [1.54, 1.807) is 21.9 Å². The summed E-state index contributed by atoms with van der Waals surface area (Å²) < 4.78 is 5.19. The van der Waals surface area contributed by atoms with Crippen molar-refractivity contribution in [1.29, 1.82) is 0 Å². The van der Waals surface area contributed by atoms with Crippen LogP contribution >= 0.6 is 0 Å². The Balaban J connectivity index is 1.68. The molecule has 2 aliphatic heterocycles. The van der Waals surface area contributed by atoms with E-state index in [1.807, 2.05) is 0 Å². The van der Waals surface area contributed by atoms with Gasteiger partial charge in [-0.2, -0.15) is 0 Å². The Morgan fingerprint density at radius 3 is 2.46 bits per heavy atom.